The van der Waals surface area contributed by atoms with E-state index in [1.54, 1.807) is 0 Å². The third kappa shape index (κ3) is 4.25. The molecule has 1 atom stereocenters. The Hall–Kier alpha value is -0.490. The average molecular weight is 225 g/mol. The van der Waals surface area contributed by atoms with Gasteiger partial charge in [0.15, 0.2) is 0 Å². The van der Waals surface area contributed by atoms with E-state index in [2.05, 4.69) is 32.9 Å². The molecule has 1 aromatic carbocycles. The summed E-state index contributed by atoms with van der Waals surface area (Å²) >= 11 is 6.10. The van der Waals surface area contributed by atoms with E-state index in [0.717, 1.165) is 23.3 Å². The van der Waals surface area contributed by atoms with E-state index >= 15 is 0 Å². The zero-order chi connectivity index (χ0) is 11.3. The fourth-order valence-corrected chi connectivity index (χ4v) is 1.88. The van der Waals surface area contributed by atoms with Crippen LogP contribution in [-0.4, -0.2) is 0 Å². The van der Waals surface area contributed by atoms with E-state index in [0.29, 0.717) is 0 Å². The van der Waals surface area contributed by atoms with Gasteiger partial charge in [-0.25, -0.2) is 0 Å². The molecule has 15 heavy (non-hydrogen) atoms. The van der Waals surface area contributed by atoms with Crippen LogP contribution in [0.1, 0.15) is 39.2 Å². The molecule has 0 radical (unpaired) electrons. The van der Waals surface area contributed by atoms with Crippen LogP contribution in [0, 0.1) is 11.8 Å². The highest BCUT2D eigenvalue weighted by molar-refractivity contribution is 6.31. The third-order valence-corrected chi connectivity index (χ3v) is 3.57. The van der Waals surface area contributed by atoms with Crippen LogP contribution in [0.2, 0.25) is 5.02 Å². The Bertz CT molecular complexity index is 291. The molecule has 0 aromatic heterocycles. The Morgan fingerprint density at radius 3 is 2.40 bits per heavy atom. The summed E-state index contributed by atoms with van der Waals surface area (Å²) in [6.45, 7) is 6.91. The molecule has 0 bridgehead atoms. The Balaban J connectivity index is 2.35. The maximum absolute atomic E-state index is 6.10. The molecule has 0 nitrogen and oxygen atoms in total. The van der Waals surface area contributed by atoms with Crippen molar-refractivity contribution < 1.29 is 0 Å². The van der Waals surface area contributed by atoms with E-state index in [1.807, 2.05) is 12.1 Å². The van der Waals surface area contributed by atoms with E-state index in [1.165, 1.54) is 18.4 Å². The van der Waals surface area contributed by atoms with Crippen LogP contribution < -0.4 is 0 Å². The van der Waals surface area contributed by atoms with E-state index in [9.17, 15) is 0 Å². The fourth-order valence-electron chi connectivity index (χ4n) is 1.65. The van der Waals surface area contributed by atoms with Crippen molar-refractivity contribution in [1.29, 1.82) is 0 Å². The van der Waals surface area contributed by atoms with Gasteiger partial charge >= 0.3 is 0 Å². The van der Waals surface area contributed by atoms with Crippen LogP contribution in [0.15, 0.2) is 24.3 Å². The van der Waals surface area contributed by atoms with Crippen molar-refractivity contribution in [3.8, 4) is 0 Å². The minimum Gasteiger partial charge on any atom is -0.0840 e. The molecule has 0 amide bonds. The first kappa shape index (κ1) is 12.6. The monoisotopic (exact) mass is 224 g/mol. The zero-order valence-corrected chi connectivity index (χ0v) is 10.7. The summed E-state index contributed by atoms with van der Waals surface area (Å²) in [5.41, 5.74) is 1.29. The van der Waals surface area contributed by atoms with Crippen LogP contribution in [0.5, 0.6) is 0 Å². The number of hydrogen-bond donors (Lipinski definition) is 0. The SMILES string of the molecule is CC(C)C(C)CCCc1ccccc1Cl. The summed E-state index contributed by atoms with van der Waals surface area (Å²) in [4.78, 5) is 0. The van der Waals surface area contributed by atoms with Crippen molar-refractivity contribution in [2.45, 2.75) is 40.0 Å². The molecular formula is C14H21Cl. The number of hydrogen-bond acceptors (Lipinski definition) is 0. The first-order valence-electron chi connectivity index (χ1n) is 5.84. The van der Waals surface area contributed by atoms with Gasteiger partial charge in [-0.05, 0) is 36.3 Å². The van der Waals surface area contributed by atoms with E-state index in [4.69, 9.17) is 11.6 Å². The van der Waals surface area contributed by atoms with Crippen molar-refractivity contribution >= 4 is 11.6 Å². The maximum atomic E-state index is 6.10. The lowest BCUT2D eigenvalue weighted by Gasteiger charge is -2.15. The summed E-state index contributed by atoms with van der Waals surface area (Å²) in [6, 6.07) is 8.15. The van der Waals surface area contributed by atoms with Crippen molar-refractivity contribution in [1.82, 2.24) is 0 Å². The highest BCUT2D eigenvalue weighted by Gasteiger charge is 2.07. The average Bonchev–Trinajstić information content (AvgIpc) is 2.20. The fraction of sp³-hybridized carbons (Fsp3) is 0.571. The molecule has 0 saturated heterocycles. The highest BCUT2D eigenvalue weighted by Crippen LogP contribution is 2.21. The van der Waals surface area contributed by atoms with Gasteiger partial charge in [0.05, 0.1) is 0 Å². The second-order valence-electron chi connectivity index (χ2n) is 4.70. The summed E-state index contributed by atoms with van der Waals surface area (Å²) in [6.07, 6.45) is 3.64. The summed E-state index contributed by atoms with van der Waals surface area (Å²) in [5, 5.41) is 0.912. The Morgan fingerprint density at radius 2 is 1.80 bits per heavy atom. The van der Waals surface area contributed by atoms with Gasteiger partial charge in [-0.1, -0.05) is 57.0 Å². The molecule has 0 heterocycles. The van der Waals surface area contributed by atoms with Crippen molar-refractivity contribution in [3.05, 3.63) is 34.9 Å². The maximum Gasteiger partial charge on any atom is 0.0437 e. The molecule has 84 valence electrons. The summed E-state index contributed by atoms with van der Waals surface area (Å²) in [5.74, 6) is 1.60. The van der Waals surface area contributed by atoms with Gasteiger partial charge < -0.3 is 0 Å². The molecule has 0 saturated carbocycles. The first-order chi connectivity index (χ1) is 7.11. The Kier molecular flexibility index (Phi) is 5.17. The molecule has 0 aliphatic heterocycles. The predicted molar refractivity (Wildman–Crippen MR) is 68.4 cm³/mol. The van der Waals surface area contributed by atoms with Gasteiger partial charge in [0.1, 0.15) is 0 Å². The molecule has 1 unspecified atom stereocenters. The molecule has 0 aliphatic rings. The molecule has 1 heteroatoms. The van der Waals surface area contributed by atoms with E-state index in [-0.39, 0.29) is 0 Å². The lowest BCUT2D eigenvalue weighted by atomic mass is 9.92. The quantitative estimate of drug-likeness (QED) is 0.664. The van der Waals surface area contributed by atoms with Crippen LogP contribution in [-0.2, 0) is 6.42 Å². The number of rotatable bonds is 5. The summed E-state index contributed by atoms with van der Waals surface area (Å²) in [7, 11) is 0. The first-order valence-corrected chi connectivity index (χ1v) is 6.22. The van der Waals surface area contributed by atoms with Crippen LogP contribution in [0.4, 0.5) is 0 Å². The molecular weight excluding hydrogens is 204 g/mol. The van der Waals surface area contributed by atoms with Crippen molar-refractivity contribution in [2.24, 2.45) is 11.8 Å². The number of aryl methyl sites for hydroxylation is 1. The smallest absolute Gasteiger partial charge is 0.0437 e. The van der Waals surface area contributed by atoms with Gasteiger partial charge in [-0.2, -0.15) is 0 Å². The van der Waals surface area contributed by atoms with Gasteiger partial charge in [-0.3, -0.25) is 0 Å². The van der Waals surface area contributed by atoms with Gasteiger partial charge in [0.2, 0.25) is 0 Å². The third-order valence-electron chi connectivity index (χ3n) is 3.20. The number of benzene rings is 1. The molecule has 0 fully saturated rings. The Morgan fingerprint density at radius 1 is 1.13 bits per heavy atom. The van der Waals surface area contributed by atoms with Crippen molar-refractivity contribution in [3.63, 3.8) is 0 Å². The largest absolute Gasteiger partial charge is 0.0840 e. The topological polar surface area (TPSA) is 0 Å². The number of halogens is 1. The molecule has 0 aliphatic carbocycles. The van der Waals surface area contributed by atoms with Gasteiger partial charge in [0.25, 0.3) is 0 Å². The van der Waals surface area contributed by atoms with Crippen LogP contribution in [0.3, 0.4) is 0 Å². The minimum absolute atomic E-state index is 0.788. The second-order valence-corrected chi connectivity index (χ2v) is 5.11. The Labute approximate surface area is 98.7 Å². The minimum atomic E-state index is 0.788. The van der Waals surface area contributed by atoms with Crippen LogP contribution >= 0.6 is 11.6 Å². The second kappa shape index (κ2) is 6.17. The van der Waals surface area contributed by atoms with Crippen LogP contribution in [0.25, 0.3) is 0 Å². The lowest BCUT2D eigenvalue weighted by molar-refractivity contribution is 0.382. The highest BCUT2D eigenvalue weighted by atomic mass is 35.5. The predicted octanol–water partition coefficient (Wildman–Crippen LogP) is 4.95. The van der Waals surface area contributed by atoms with Crippen molar-refractivity contribution in [2.75, 3.05) is 0 Å². The van der Waals surface area contributed by atoms with E-state index < -0.39 is 0 Å². The zero-order valence-electron chi connectivity index (χ0n) is 9.96. The van der Waals surface area contributed by atoms with Gasteiger partial charge in [0, 0.05) is 5.02 Å². The molecule has 0 N–H and O–H groups in total. The standard InChI is InChI=1S/C14H21Cl/c1-11(2)12(3)7-6-9-13-8-4-5-10-14(13)15/h4-5,8,10-12H,6-7,9H2,1-3H3. The molecule has 1 rings (SSSR count). The summed E-state index contributed by atoms with van der Waals surface area (Å²) < 4.78 is 0. The lowest BCUT2D eigenvalue weighted by Crippen LogP contribution is -2.04. The normalized spacial score (nSPS) is 13.1. The molecule has 0 spiro atoms. The van der Waals surface area contributed by atoms with Gasteiger partial charge in [-0.15, -0.1) is 0 Å². The molecule has 1 aromatic rings.